The molecule has 2 saturated heterocycles. The van der Waals surface area contributed by atoms with E-state index < -0.39 is 0 Å². The minimum atomic E-state index is -0.150. The molecule has 2 fully saturated rings. The van der Waals surface area contributed by atoms with Gasteiger partial charge < -0.3 is 19.3 Å². The summed E-state index contributed by atoms with van der Waals surface area (Å²) in [5.41, 5.74) is 2.32. The van der Waals surface area contributed by atoms with Crippen LogP contribution in [-0.2, 0) is 19.1 Å². The first-order valence-electron chi connectivity index (χ1n) is 15.5. The summed E-state index contributed by atoms with van der Waals surface area (Å²) in [5.74, 6) is -0.146. The van der Waals surface area contributed by atoms with E-state index in [1.807, 2.05) is 48.5 Å². The molecule has 4 rings (SSSR count). The highest BCUT2D eigenvalue weighted by Crippen LogP contribution is 2.35. The van der Waals surface area contributed by atoms with Crippen LogP contribution in [0, 0.1) is 11.8 Å². The van der Waals surface area contributed by atoms with Gasteiger partial charge in [-0.2, -0.15) is 0 Å². The Bertz CT molecular complexity index is 1040. The van der Waals surface area contributed by atoms with Crippen molar-refractivity contribution in [1.29, 1.82) is 0 Å². The van der Waals surface area contributed by atoms with Crippen LogP contribution < -0.4 is 0 Å². The maximum atomic E-state index is 13.0. The minimum Gasteiger partial charge on any atom is -0.465 e. The number of carbonyl (C=O) groups excluding carboxylic acids is 2. The van der Waals surface area contributed by atoms with Crippen molar-refractivity contribution in [2.24, 2.45) is 11.8 Å². The number of hydrogen-bond donors (Lipinski definition) is 0. The smallest absolute Gasteiger partial charge is 0.310 e. The van der Waals surface area contributed by atoms with Crippen molar-refractivity contribution in [2.45, 2.75) is 63.2 Å². The van der Waals surface area contributed by atoms with Gasteiger partial charge in [-0.15, -0.1) is 0 Å². The van der Waals surface area contributed by atoms with Crippen molar-refractivity contribution >= 4 is 35.1 Å². The van der Waals surface area contributed by atoms with E-state index in [1.54, 1.807) is 0 Å². The minimum absolute atomic E-state index is 0.0919. The molecule has 0 aliphatic carbocycles. The van der Waals surface area contributed by atoms with Gasteiger partial charge in [0.25, 0.3) is 0 Å². The van der Waals surface area contributed by atoms with Gasteiger partial charge in [0.1, 0.15) is 0 Å². The molecule has 2 aromatic carbocycles. The van der Waals surface area contributed by atoms with Crippen LogP contribution in [-0.4, -0.2) is 75.2 Å². The highest BCUT2D eigenvalue weighted by molar-refractivity contribution is 6.30. The number of benzene rings is 2. The molecule has 2 aliphatic rings. The van der Waals surface area contributed by atoms with Crippen LogP contribution in [0.5, 0.6) is 0 Å². The fraction of sp³-hybridized carbons (Fsp3) is 0.588. The van der Waals surface area contributed by atoms with Gasteiger partial charge in [-0.25, -0.2) is 0 Å². The van der Waals surface area contributed by atoms with Gasteiger partial charge in [-0.3, -0.25) is 9.59 Å². The SMILES string of the molecule is CN1CC[C@H](c2ccc(Cl)cc2)C(C(=O)OCCCCCCCCOC(=O)[C@H]2CN(C)CC[C@@H]2c2ccc(Cl)cc2)C1. The summed E-state index contributed by atoms with van der Waals surface area (Å²) in [6.07, 6.45) is 7.83. The fourth-order valence-corrected chi connectivity index (χ4v) is 6.65. The number of nitrogens with zero attached hydrogens (tertiary/aromatic N) is 2. The number of piperidine rings is 2. The van der Waals surface area contributed by atoms with E-state index in [2.05, 4.69) is 23.9 Å². The molecule has 2 aliphatic heterocycles. The Morgan fingerprint density at radius 1 is 0.643 bits per heavy atom. The predicted molar refractivity (Wildman–Crippen MR) is 169 cm³/mol. The third-order valence-electron chi connectivity index (χ3n) is 8.86. The third kappa shape index (κ3) is 9.70. The van der Waals surface area contributed by atoms with Crippen molar-refractivity contribution in [2.75, 3.05) is 53.5 Å². The number of rotatable bonds is 13. The second kappa shape index (κ2) is 16.7. The molecule has 0 aromatic heterocycles. The number of unbranched alkanes of at least 4 members (excludes halogenated alkanes) is 5. The van der Waals surface area contributed by atoms with Crippen LogP contribution >= 0.6 is 23.2 Å². The van der Waals surface area contributed by atoms with E-state index in [4.69, 9.17) is 32.7 Å². The molecule has 0 spiro atoms. The largest absolute Gasteiger partial charge is 0.465 e. The fourth-order valence-electron chi connectivity index (χ4n) is 6.40. The van der Waals surface area contributed by atoms with Crippen LogP contribution in [0.25, 0.3) is 0 Å². The lowest BCUT2D eigenvalue weighted by Crippen LogP contribution is -2.41. The second-order valence-corrected chi connectivity index (χ2v) is 13.0. The van der Waals surface area contributed by atoms with Crippen LogP contribution in [0.4, 0.5) is 0 Å². The standard InChI is InChI=1S/C34H46Cl2N2O4/c1-37-19-17-29(25-9-13-27(35)14-10-25)31(23-37)33(39)41-21-7-5-3-4-6-8-22-42-34(40)32-24-38(2)20-18-30(32)26-11-15-28(36)16-12-26/h9-16,29-32H,3-8,17-24H2,1-2H3/t29-,30-,31+,32?/m1/s1. The van der Waals surface area contributed by atoms with Gasteiger partial charge in [0.15, 0.2) is 0 Å². The van der Waals surface area contributed by atoms with Gasteiger partial charge in [0.2, 0.25) is 0 Å². The molecule has 0 N–H and O–H groups in total. The van der Waals surface area contributed by atoms with Crippen molar-refractivity contribution < 1.29 is 19.1 Å². The molecule has 6 nitrogen and oxygen atoms in total. The van der Waals surface area contributed by atoms with Crippen LogP contribution in [0.3, 0.4) is 0 Å². The topological polar surface area (TPSA) is 59.1 Å². The lowest BCUT2D eigenvalue weighted by molar-refractivity contribution is -0.152. The maximum Gasteiger partial charge on any atom is 0.310 e. The Balaban J connectivity index is 1.08. The zero-order valence-electron chi connectivity index (χ0n) is 25.1. The number of esters is 2. The van der Waals surface area contributed by atoms with Crippen molar-refractivity contribution in [3.05, 3.63) is 69.7 Å². The van der Waals surface area contributed by atoms with E-state index >= 15 is 0 Å². The summed E-state index contributed by atoms with van der Waals surface area (Å²) >= 11 is 12.1. The van der Waals surface area contributed by atoms with E-state index in [9.17, 15) is 9.59 Å². The van der Waals surface area contributed by atoms with Gasteiger partial charge in [-0.1, -0.05) is 73.2 Å². The Kier molecular flexibility index (Phi) is 13.0. The zero-order chi connectivity index (χ0) is 29.9. The van der Waals surface area contributed by atoms with Crippen LogP contribution in [0.1, 0.15) is 74.3 Å². The molecule has 0 amide bonds. The molecule has 230 valence electrons. The van der Waals surface area contributed by atoms with Gasteiger partial charge in [0, 0.05) is 23.1 Å². The maximum absolute atomic E-state index is 13.0. The van der Waals surface area contributed by atoms with Gasteiger partial charge in [-0.05, 0) is 100 Å². The highest BCUT2D eigenvalue weighted by atomic mass is 35.5. The summed E-state index contributed by atoms with van der Waals surface area (Å²) in [4.78, 5) is 30.4. The lowest BCUT2D eigenvalue weighted by Gasteiger charge is -2.35. The van der Waals surface area contributed by atoms with E-state index in [-0.39, 0.29) is 35.6 Å². The molecule has 4 atom stereocenters. The molecule has 0 radical (unpaired) electrons. The zero-order valence-corrected chi connectivity index (χ0v) is 26.6. The Morgan fingerprint density at radius 3 is 1.38 bits per heavy atom. The van der Waals surface area contributed by atoms with Gasteiger partial charge >= 0.3 is 11.9 Å². The molecular weight excluding hydrogens is 571 g/mol. The third-order valence-corrected chi connectivity index (χ3v) is 9.36. The molecular formula is C34H46Cl2N2O4. The number of likely N-dealkylation sites (tertiary alicyclic amines) is 2. The summed E-state index contributed by atoms with van der Waals surface area (Å²) in [7, 11) is 4.12. The number of carbonyl (C=O) groups is 2. The number of ether oxygens (including phenoxy) is 2. The Labute approximate surface area is 261 Å². The summed E-state index contributed by atoms with van der Waals surface area (Å²) in [6.45, 7) is 4.31. The number of halogens is 2. The first-order valence-corrected chi connectivity index (χ1v) is 16.3. The molecule has 0 saturated carbocycles. The van der Waals surface area contributed by atoms with Crippen molar-refractivity contribution in [3.63, 3.8) is 0 Å². The first-order chi connectivity index (χ1) is 20.3. The molecule has 2 heterocycles. The summed E-state index contributed by atoms with van der Waals surface area (Å²) in [6, 6.07) is 15.7. The lowest BCUT2D eigenvalue weighted by atomic mass is 9.80. The molecule has 2 aromatic rings. The quantitative estimate of drug-likeness (QED) is 0.175. The predicted octanol–water partition coefficient (Wildman–Crippen LogP) is 7.19. The highest BCUT2D eigenvalue weighted by Gasteiger charge is 2.36. The Morgan fingerprint density at radius 2 is 1.00 bits per heavy atom. The van der Waals surface area contributed by atoms with E-state index in [1.165, 1.54) is 0 Å². The summed E-state index contributed by atoms with van der Waals surface area (Å²) in [5, 5.41) is 1.42. The van der Waals surface area contributed by atoms with Crippen LogP contribution in [0.2, 0.25) is 10.0 Å². The average molecular weight is 618 g/mol. The first kappa shape index (κ1) is 32.8. The molecule has 42 heavy (non-hydrogen) atoms. The van der Waals surface area contributed by atoms with E-state index in [0.29, 0.717) is 23.3 Å². The Hall–Kier alpha value is -2.12. The van der Waals surface area contributed by atoms with E-state index in [0.717, 1.165) is 88.7 Å². The molecule has 1 unspecified atom stereocenters. The molecule has 0 bridgehead atoms. The summed E-state index contributed by atoms with van der Waals surface area (Å²) < 4.78 is 11.5. The van der Waals surface area contributed by atoms with Crippen molar-refractivity contribution in [1.82, 2.24) is 9.80 Å². The monoisotopic (exact) mass is 616 g/mol. The number of hydrogen-bond acceptors (Lipinski definition) is 6. The average Bonchev–Trinajstić information content (AvgIpc) is 2.99. The van der Waals surface area contributed by atoms with Crippen LogP contribution in [0.15, 0.2) is 48.5 Å². The van der Waals surface area contributed by atoms with Crippen molar-refractivity contribution in [3.8, 4) is 0 Å². The van der Waals surface area contributed by atoms with Gasteiger partial charge in [0.05, 0.1) is 25.0 Å². The normalized spacial score (nSPS) is 23.4. The molecule has 8 heteroatoms. The second-order valence-electron chi connectivity index (χ2n) is 12.1.